The largest absolute Gasteiger partial charge is 0.315 e. The van der Waals surface area contributed by atoms with Crippen LogP contribution in [-0.2, 0) is 9.59 Å². The molecule has 0 bridgehead atoms. The average molecular weight is 474 g/mol. The van der Waals surface area contributed by atoms with E-state index in [-0.39, 0.29) is 49.4 Å². The van der Waals surface area contributed by atoms with E-state index >= 15 is 0 Å². The second-order valence-corrected chi connectivity index (χ2v) is 8.53. The molecule has 3 heterocycles. The molecule has 0 saturated carbocycles. The first-order valence-corrected chi connectivity index (χ1v) is 10.9. The van der Waals surface area contributed by atoms with Crippen LogP contribution in [0.1, 0.15) is 12.8 Å². The zero-order chi connectivity index (χ0) is 20.8. The van der Waals surface area contributed by atoms with Crippen LogP contribution in [0.5, 0.6) is 0 Å². The van der Waals surface area contributed by atoms with Gasteiger partial charge in [0.25, 0.3) is 0 Å². The lowest BCUT2D eigenvalue weighted by atomic mass is 10.0. The number of anilines is 1. The smallest absolute Gasteiger partial charge is 0.239 e. The number of hydrogen-bond donors (Lipinski definition) is 2. The van der Waals surface area contributed by atoms with Crippen molar-refractivity contribution in [1.82, 2.24) is 19.8 Å². The highest BCUT2D eigenvalue weighted by molar-refractivity contribution is 7.99. The van der Waals surface area contributed by atoms with Crippen LogP contribution in [0.2, 0.25) is 5.02 Å². The number of nitriles is 1. The summed E-state index contributed by atoms with van der Waals surface area (Å²) in [5.74, 6) is 7.57. The molecule has 9 nitrogen and oxygen atoms in total. The Bertz CT molecular complexity index is 769. The van der Waals surface area contributed by atoms with E-state index in [1.54, 1.807) is 33.8 Å². The minimum atomic E-state index is -0.364. The SMILES string of the molecule is Cl.N#C[C@@H]1CSCN1C(=O)CN(N)C1CCN(CC(=O)Nc2ccc(Cl)cn2)CC1. The molecule has 1 atom stereocenters. The van der Waals surface area contributed by atoms with E-state index in [1.807, 2.05) is 0 Å². The number of nitrogens with zero attached hydrogens (tertiary/aromatic N) is 5. The van der Waals surface area contributed by atoms with Gasteiger partial charge in [-0.15, -0.1) is 24.2 Å². The van der Waals surface area contributed by atoms with Gasteiger partial charge < -0.3 is 10.2 Å². The van der Waals surface area contributed by atoms with Crippen LogP contribution in [0.3, 0.4) is 0 Å². The van der Waals surface area contributed by atoms with Crippen LogP contribution in [0.25, 0.3) is 0 Å². The summed E-state index contributed by atoms with van der Waals surface area (Å²) in [4.78, 5) is 32.3. The first-order valence-electron chi connectivity index (χ1n) is 9.38. The van der Waals surface area contributed by atoms with Crippen molar-refractivity contribution in [3.05, 3.63) is 23.4 Å². The molecule has 0 aromatic carbocycles. The van der Waals surface area contributed by atoms with E-state index in [0.29, 0.717) is 35.6 Å². The minimum Gasteiger partial charge on any atom is -0.315 e. The van der Waals surface area contributed by atoms with Crippen LogP contribution in [0.15, 0.2) is 18.3 Å². The van der Waals surface area contributed by atoms with Gasteiger partial charge in [0.05, 0.1) is 30.1 Å². The summed E-state index contributed by atoms with van der Waals surface area (Å²) in [6, 6.07) is 5.20. The lowest BCUT2D eigenvalue weighted by molar-refractivity contribution is -0.132. The number of carbonyl (C=O) groups is 2. The zero-order valence-electron chi connectivity index (χ0n) is 16.4. The fourth-order valence-corrected chi connectivity index (χ4v) is 4.63. The normalized spacial score (nSPS) is 19.9. The number of nitrogens with two attached hydrogens (primary N) is 1. The van der Waals surface area contributed by atoms with Crippen LogP contribution >= 0.6 is 35.8 Å². The molecule has 1 aromatic rings. The summed E-state index contributed by atoms with van der Waals surface area (Å²) in [6.45, 7) is 1.81. The van der Waals surface area contributed by atoms with E-state index < -0.39 is 0 Å². The highest BCUT2D eigenvalue weighted by Crippen LogP contribution is 2.21. The standard InChI is InChI=1S/C18H24ClN7O2S.ClH/c19-13-1-2-16(22-8-13)23-17(27)9-24-5-3-14(4-6-24)26(21)10-18(28)25-12-29-11-15(25)7-20;/h1-2,8,14-15H,3-6,9-12,21H2,(H,22,23,27);1H/t15-;/m1./s1. The molecular formula is C18H25Cl2N7O2S. The van der Waals surface area contributed by atoms with Crippen molar-refractivity contribution in [3.8, 4) is 6.07 Å². The zero-order valence-corrected chi connectivity index (χ0v) is 18.8. The third-order valence-corrected chi connectivity index (χ3v) is 6.29. The van der Waals surface area contributed by atoms with Gasteiger partial charge in [0, 0.05) is 31.1 Å². The van der Waals surface area contributed by atoms with Crippen LogP contribution in [0.4, 0.5) is 5.82 Å². The van der Waals surface area contributed by atoms with Crippen LogP contribution in [-0.4, -0.2) is 81.5 Å². The number of aromatic nitrogens is 1. The summed E-state index contributed by atoms with van der Waals surface area (Å²) in [5.41, 5.74) is 0. The van der Waals surface area contributed by atoms with E-state index in [4.69, 9.17) is 22.7 Å². The Morgan fingerprint density at radius 1 is 1.40 bits per heavy atom. The van der Waals surface area contributed by atoms with E-state index in [1.165, 1.54) is 6.20 Å². The van der Waals surface area contributed by atoms with Crippen LogP contribution < -0.4 is 11.2 Å². The number of hydrogen-bond acceptors (Lipinski definition) is 8. The molecule has 0 spiro atoms. The highest BCUT2D eigenvalue weighted by atomic mass is 35.5. The second kappa shape index (κ2) is 11.7. The Balaban J connectivity index is 0.00000320. The first kappa shape index (κ1) is 24.7. The quantitative estimate of drug-likeness (QED) is 0.466. The molecule has 30 heavy (non-hydrogen) atoms. The number of thioether (sulfide) groups is 1. The van der Waals surface area contributed by atoms with Gasteiger partial charge in [0.15, 0.2) is 0 Å². The molecule has 2 saturated heterocycles. The summed E-state index contributed by atoms with van der Waals surface area (Å²) in [7, 11) is 0. The molecule has 0 unspecified atom stereocenters. The lowest BCUT2D eigenvalue weighted by Crippen LogP contribution is -2.53. The minimum absolute atomic E-state index is 0. The number of carbonyl (C=O) groups excluding carboxylic acids is 2. The average Bonchev–Trinajstić information content (AvgIpc) is 3.19. The van der Waals surface area contributed by atoms with Crippen molar-refractivity contribution in [2.45, 2.75) is 24.9 Å². The second-order valence-electron chi connectivity index (χ2n) is 7.10. The number of pyridine rings is 1. The van der Waals surface area contributed by atoms with Gasteiger partial charge in [0.2, 0.25) is 11.8 Å². The Hall–Kier alpha value is -1.61. The summed E-state index contributed by atoms with van der Waals surface area (Å²) >= 11 is 7.37. The lowest BCUT2D eigenvalue weighted by Gasteiger charge is -2.36. The predicted octanol–water partition coefficient (Wildman–Crippen LogP) is 1.16. The van der Waals surface area contributed by atoms with E-state index in [9.17, 15) is 9.59 Å². The maximum atomic E-state index is 12.4. The molecule has 0 radical (unpaired) electrons. The number of likely N-dealkylation sites (tertiary alicyclic amines) is 1. The Morgan fingerprint density at radius 2 is 2.13 bits per heavy atom. The number of rotatable bonds is 6. The van der Waals surface area contributed by atoms with Gasteiger partial charge in [-0.05, 0) is 25.0 Å². The summed E-state index contributed by atoms with van der Waals surface area (Å²) in [5, 5.41) is 14.0. The van der Waals surface area contributed by atoms with Crippen molar-refractivity contribution in [3.63, 3.8) is 0 Å². The maximum absolute atomic E-state index is 12.4. The fraction of sp³-hybridized carbons (Fsp3) is 0.556. The fourth-order valence-electron chi connectivity index (χ4n) is 3.42. The van der Waals surface area contributed by atoms with Gasteiger partial charge in [-0.2, -0.15) is 5.26 Å². The predicted molar refractivity (Wildman–Crippen MR) is 119 cm³/mol. The Kier molecular flexibility index (Phi) is 9.61. The van der Waals surface area contributed by atoms with Crippen molar-refractivity contribution in [1.29, 1.82) is 5.26 Å². The number of halogens is 2. The van der Waals surface area contributed by atoms with Gasteiger partial charge in [-0.3, -0.25) is 20.3 Å². The third-order valence-electron chi connectivity index (χ3n) is 5.06. The molecular weight excluding hydrogens is 449 g/mol. The molecule has 2 amide bonds. The maximum Gasteiger partial charge on any atom is 0.239 e. The molecule has 3 rings (SSSR count). The summed E-state index contributed by atoms with van der Waals surface area (Å²) in [6.07, 6.45) is 3.03. The topological polar surface area (TPSA) is 119 Å². The van der Waals surface area contributed by atoms with Crippen molar-refractivity contribution in [2.24, 2.45) is 5.84 Å². The monoisotopic (exact) mass is 473 g/mol. The van der Waals surface area contributed by atoms with Crippen LogP contribution in [0, 0.1) is 11.3 Å². The summed E-state index contributed by atoms with van der Waals surface area (Å²) < 4.78 is 0. The molecule has 3 N–H and O–H groups in total. The third kappa shape index (κ3) is 6.70. The highest BCUT2D eigenvalue weighted by Gasteiger charge is 2.31. The van der Waals surface area contributed by atoms with Crippen molar-refractivity contribution >= 4 is 53.4 Å². The Morgan fingerprint density at radius 3 is 2.77 bits per heavy atom. The molecule has 1 aromatic heterocycles. The van der Waals surface area contributed by atoms with Gasteiger partial charge in [0.1, 0.15) is 11.9 Å². The molecule has 0 aliphatic carbocycles. The number of hydrazine groups is 1. The van der Waals surface area contributed by atoms with Gasteiger partial charge in [-0.1, -0.05) is 11.6 Å². The van der Waals surface area contributed by atoms with Crippen molar-refractivity contribution < 1.29 is 9.59 Å². The molecule has 12 heteroatoms. The molecule has 164 valence electrons. The molecule has 2 aliphatic rings. The van der Waals surface area contributed by atoms with Crippen molar-refractivity contribution in [2.75, 3.05) is 43.1 Å². The first-order chi connectivity index (χ1) is 14.0. The molecule has 2 fully saturated rings. The number of amides is 2. The van der Waals surface area contributed by atoms with E-state index in [2.05, 4.69) is 21.3 Å². The number of piperidine rings is 1. The van der Waals surface area contributed by atoms with E-state index in [0.717, 1.165) is 12.8 Å². The molecule has 2 aliphatic heterocycles. The van der Waals surface area contributed by atoms with Gasteiger partial charge in [-0.25, -0.2) is 9.99 Å². The Labute approximate surface area is 191 Å². The van der Waals surface area contributed by atoms with Gasteiger partial charge >= 0.3 is 0 Å². The number of nitrogens with one attached hydrogen (secondary N) is 1.